The third kappa shape index (κ3) is 4.34. The number of nitrogens with one attached hydrogen (secondary N) is 1. The SMILES string of the molecule is O=C(Cn1nc(-c2ccc(F)cc2)ccc1=O)NCc1ccccc1Cl. The molecular weight excluding hydrogens is 357 g/mol. The van der Waals surface area contributed by atoms with Crippen molar-refractivity contribution in [3.63, 3.8) is 0 Å². The van der Waals surface area contributed by atoms with Crippen LogP contribution in [0.5, 0.6) is 0 Å². The zero-order valence-electron chi connectivity index (χ0n) is 13.7. The average molecular weight is 372 g/mol. The molecule has 0 saturated heterocycles. The van der Waals surface area contributed by atoms with Crippen molar-refractivity contribution in [2.45, 2.75) is 13.1 Å². The molecule has 3 rings (SSSR count). The topological polar surface area (TPSA) is 64.0 Å². The van der Waals surface area contributed by atoms with E-state index >= 15 is 0 Å². The van der Waals surface area contributed by atoms with Crippen LogP contribution < -0.4 is 10.9 Å². The number of aromatic nitrogens is 2. The second-order valence-corrected chi connectivity index (χ2v) is 6.00. The Morgan fingerprint density at radius 2 is 1.81 bits per heavy atom. The molecule has 5 nitrogen and oxygen atoms in total. The van der Waals surface area contributed by atoms with Gasteiger partial charge in [-0.05, 0) is 42.0 Å². The van der Waals surface area contributed by atoms with Gasteiger partial charge >= 0.3 is 0 Å². The van der Waals surface area contributed by atoms with Crippen LogP contribution in [-0.4, -0.2) is 15.7 Å². The van der Waals surface area contributed by atoms with Gasteiger partial charge in [0.15, 0.2) is 0 Å². The molecule has 3 aromatic rings. The second kappa shape index (κ2) is 7.93. The summed E-state index contributed by atoms with van der Waals surface area (Å²) < 4.78 is 14.1. The summed E-state index contributed by atoms with van der Waals surface area (Å²) >= 11 is 6.05. The van der Waals surface area contributed by atoms with Crippen LogP contribution in [0.2, 0.25) is 5.02 Å². The highest BCUT2D eigenvalue weighted by Crippen LogP contribution is 2.16. The summed E-state index contributed by atoms with van der Waals surface area (Å²) in [6.45, 7) is 0.0310. The van der Waals surface area contributed by atoms with E-state index in [1.54, 1.807) is 24.3 Å². The first-order chi connectivity index (χ1) is 12.5. The van der Waals surface area contributed by atoms with Crippen molar-refractivity contribution in [2.75, 3.05) is 0 Å². The molecule has 0 bridgehead atoms. The number of rotatable bonds is 5. The van der Waals surface area contributed by atoms with Crippen LogP contribution in [0.1, 0.15) is 5.56 Å². The van der Waals surface area contributed by atoms with Crippen molar-refractivity contribution >= 4 is 17.5 Å². The number of carbonyl (C=O) groups is 1. The van der Waals surface area contributed by atoms with E-state index in [9.17, 15) is 14.0 Å². The Balaban J connectivity index is 1.71. The van der Waals surface area contributed by atoms with Gasteiger partial charge in [0.25, 0.3) is 5.56 Å². The van der Waals surface area contributed by atoms with E-state index in [1.807, 2.05) is 12.1 Å². The minimum absolute atomic E-state index is 0.224. The Labute approximate surface area is 154 Å². The van der Waals surface area contributed by atoms with Gasteiger partial charge in [-0.3, -0.25) is 9.59 Å². The average Bonchev–Trinajstić information content (AvgIpc) is 2.64. The molecule has 0 fully saturated rings. The predicted molar refractivity (Wildman–Crippen MR) is 97.2 cm³/mol. The van der Waals surface area contributed by atoms with Crippen molar-refractivity contribution < 1.29 is 9.18 Å². The predicted octanol–water partition coefficient (Wildman–Crippen LogP) is 3.02. The molecule has 2 aromatic carbocycles. The maximum Gasteiger partial charge on any atom is 0.267 e. The van der Waals surface area contributed by atoms with Crippen molar-refractivity contribution in [2.24, 2.45) is 0 Å². The summed E-state index contributed by atoms with van der Waals surface area (Å²) in [5.41, 5.74) is 1.51. The molecule has 0 atom stereocenters. The Hall–Kier alpha value is -2.99. The van der Waals surface area contributed by atoms with Crippen molar-refractivity contribution in [3.8, 4) is 11.3 Å². The van der Waals surface area contributed by atoms with Gasteiger partial charge in [-0.1, -0.05) is 29.8 Å². The summed E-state index contributed by atoms with van der Waals surface area (Å²) in [5, 5.41) is 7.45. The summed E-state index contributed by atoms with van der Waals surface area (Å²) in [5.74, 6) is -0.725. The molecule has 7 heteroatoms. The number of hydrogen-bond donors (Lipinski definition) is 1. The highest BCUT2D eigenvalue weighted by atomic mass is 35.5. The highest BCUT2D eigenvalue weighted by Gasteiger charge is 2.09. The third-order valence-electron chi connectivity index (χ3n) is 3.73. The lowest BCUT2D eigenvalue weighted by molar-refractivity contribution is -0.122. The van der Waals surface area contributed by atoms with Crippen molar-refractivity contribution in [1.29, 1.82) is 0 Å². The normalized spacial score (nSPS) is 10.5. The van der Waals surface area contributed by atoms with Gasteiger partial charge in [-0.25, -0.2) is 9.07 Å². The first-order valence-corrected chi connectivity index (χ1v) is 8.25. The lowest BCUT2D eigenvalue weighted by Gasteiger charge is -2.09. The summed E-state index contributed by atoms with van der Waals surface area (Å²) in [6, 6.07) is 15.8. The minimum Gasteiger partial charge on any atom is -0.350 e. The lowest BCUT2D eigenvalue weighted by Crippen LogP contribution is -2.33. The quantitative estimate of drug-likeness (QED) is 0.749. The third-order valence-corrected chi connectivity index (χ3v) is 4.10. The van der Waals surface area contributed by atoms with Crippen LogP contribution in [0.4, 0.5) is 4.39 Å². The van der Waals surface area contributed by atoms with E-state index in [0.717, 1.165) is 10.2 Å². The number of halogens is 2. The van der Waals surface area contributed by atoms with Gasteiger partial charge in [0, 0.05) is 23.2 Å². The maximum atomic E-state index is 13.0. The summed E-state index contributed by atoms with van der Waals surface area (Å²) in [7, 11) is 0. The van der Waals surface area contributed by atoms with Gasteiger partial charge in [-0.15, -0.1) is 0 Å². The van der Waals surface area contributed by atoms with Crippen molar-refractivity contribution in [1.82, 2.24) is 15.1 Å². The van der Waals surface area contributed by atoms with E-state index in [2.05, 4.69) is 10.4 Å². The Kier molecular flexibility index (Phi) is 5.43. The molecule has 132 valence electrons. The van der Waals surface area contributed by atoms with E-state index in [0.29, 0.717) is 16.3 Å². The number of amides is 1. The number of carbonyl (C=O) groups excluding carboxylic acids is 1. The first kappa shape index (κ1) is 17.8. The van der Waals surface area contributed by atoms with Crippen LogP contribution in [0, 0.1) is 5.82 Å². The zero-order valence-corrected chi connectivity index (χ0v) is 14.4. The summed E-state index contributed by atoms with van der Waals surface area (Å²) in [6.07, 6.45) is 0. The fourth-order valence-corrected chi connectivity index (χ4v) is 2.57. The fraction of sp³-hybridized carbons (Fsp3) is 0.105. The van der Waals surface area contributed by atoms with Gasteiger partial charge in [0.05, 0.1) is 5.69 Å². The zero-order chi connectivity index (χ0) is 18.5. The molecule has 1 heterocycles. The minimum atomic E-state index is -0.399. The molecule has 0 aliphatic heterocycles. The smallest absolute Gasteiger partial charge is 0.267 e. The molecule has 0 aliphatic carbocycles. The monoisotopic (exact) mass is 371 g/mol. The van der Waals surface area contributed by atoms with E-state index in [1.165, 1.54) is 24.3 Å². The molecule has 0 unspecified atom stereocenters. The molecule has 0 spiro atoms. The molecule has 1 aromatic heterocycles. The molecule has 26 heavy (non-hydrogen) atoms. The number of benzene rings is 2. The van der Waals surface area contributed by atoms with Crippen molar-refractivity contribution in [3.05, 3.63) is 87.4 Å². The number of hydrogen-bond acceptors (Lipinski definition) is 3. The van der Waals surface area contributed by atoms with Crippen LogP contribution >= 0.6 is 11.6 Å². The van der Waals surface area contributed by atoms with Crippen LogP contribution in [0.3, 0.4) is 0 Å². The first-order valence-electron chi connectivity index (χ1n) is 7.87. The Bertz CT molecular complexity index is 987. The Morgan fingerprint density at radius 1 is 1.08 bits per heavy atom. The van der Waals surface area contributed by atoms with Gasteiger partial charge in [0.1, 0.15) is 12.4 Å². The number of nitrogens with zero attached hydrogens (tertiary/aromatic N) is 2. The molecule has 1 N–H and O–H groups in total. The largest absolute Gasteiger partial charge is 0.350 e. The highest BCUT2D eigenvalue weighted by molar-refractivity contribution is 6.31. The standard InChI is InChI=1S/C19H15ClFN3O2/c20-16-4-2-1-3-14(16)11-22-18(25)12-24-19(26)10-9-17(23-24)13-5-7-15(21)8-6-13/h1-10H,11-12H2,(H,22,25). The van der Waals surface area contributed by atoms with Crippen LogP contribution in [-0.2, 0) is 17.9 Å². The van der Waals surface area contributed by atoms with E-state index in [-0.39, 0.29) is 24.8 Å². The molecule has 0 saturated carbocycles. The van der Waals surface area contributed by atoms with Crippen LogP contribution in [0.25, 0.3) is 11.3 Å². The van der Waals surface area contributed by atoms with Crippen LogP contribution in [0.15, 0.2) is 65.5 Å². The maximum absolute atomic E-state index is 13.0. The molecule has 0 aliphatic rings. The molecular formula is C19H15ClFN3O2. The molecule has 0 radical (unpaired) electrons. The second-order valence-electron chi connectivity index (χ2n) is 5.59. The van der Waals surface area contributed by atoms with E-state index < -0.39 is 5.56 Å². The van der Waals surface area contributed by atoms with Gasteiger partial charge in [0.2, 0.25) is 5.91 Å². The van der Waals surface area contributed by atoms with Gasteiger partial charge in [-0.2, -0.15) is 5.10 Å². The van der Waals surface area contributed by atoms with Gasteiger partial charge < -0.3 is 5.32 Å². The summed E-state index contributed by atoms with van der Waals surface area (Å²) in [4.78, 5) is 24.1. The lowest BCUT2D eigenvalue weighted by atomic mass is 10.1. The van der Waals surface area contributed by atoms with E-state index in [4.69, 9.17) is 11.6 Å². The Morgan fingerprint density at radius 3 is 2.54 bits per heavy atom. The fourth-order valence-electron chi connectivity index (χ4n) is 2.36. The molecule has 1 amide bonds.